The molecule has 36 heavy (non-hydrogen) atoms. The van der Waals surface area contributed by atoms with Crippen molar-refractivity contribution in [2.24, 2.45) is 11.8 Å². The van der Waals surface area contributed by atoms with Gasteiger partial charge in [0.25, 0.3) is 5.56 Å². The van der Waals surface area contributed by atoms with Gasteiger partial charge in [0.1, 0.15) is 16.8 Å². The number of hydrogen-bond donors (Lipinski definition) is 1. The first kappa shape index (κ1) is 25.1. The molecule has 2 aromatic carbocycles. The number of fused-ring (bicyclic) bond motifs is 2. The highest BCUT2D eigenvalue weighted by molar-refractivity contribution is 5.99. The van der Waals surface area contributed by atoms with Crippen LogP contribution in [0.5, 0.6) is 5.75 Å². The predicted molar refractivity (Wildman–Crippen MR) is 134 cm³/mol. The van der Waals surface area contributed by atoms with Gasteiger partial charge in [-0.15, -0.1) is 5.10 Å². The van der Waals surface area contributed by atoms with E-state index >= 15 is 0 Å². The van der Waals surface area contributed by atoms with E-state index in [0.29, 0.717) is 34.8 Å². The summed E-state index contributed by atoms with van der Waals surface area (Å²) in [5, 5.41) is 18.7. The van der Waals surface area contributed by atoms with Gasteiger partial charge in [0.15, 0.2) is 11.5 Å². The van der Waals surface area contributed by atoms with Gasteiger partial charge in [-0.25, -0.2) is 4.68 Å². The molecular weight excluding hydrogens is 462 g/mol. The SMILES string of the molecule is CC(C)CCCOc1ccc2cc(C(=O)CC(CCn3nnc4ccccc4c3=O)C(=O)O)oc2c1. The number of nitrogens with zero attached hydrogens (tertiary/aromatic N) is 3. The van der Waals surface area contributed by atoms with Gasteiger partial charge in [-0.2, -0.15) is 0 Å². The van der Waals surface area contributed by atoms with Gasteiger partial charge < -0.3 is 14.3 Å². The third-order valence-corrected chi connectivity index (χ3v) is 6.06. The summed E-state index contributed by atoms with van der Waals surface area (Å²) in [6.45, 7) is 4.96. The van der Waals surface area contributed by atoms with Crippen molar-refractivity contribution < 1.29 is 23.8 Å². The molecule has 1 atom stereocenters. The summed E-state index contributed by atoms with van der Waals surface area (Å²) in [6.07, 6.45) is 1.81. The molecule has 9 nitrogen and oxygen atoms in total. The summed E-state index contributed by atoms with van der Waals surface area (Å²) in [6, 6.07) is 13.8. The van der Waals surface area contributed by atoms with Crippen molar-refractivity contribution in [2.75, 3.05) is 6.61 Å². The molecule has 1 unspecified atom stereocenters. The first-order chi connectivity index (χ1) is 17.3. The Labute approximate surface area is 207 Å². The summed E-state index contributed by atoms with van der Waals surface area (Å²) >= 11 is 0. The summed E-state index contributed by atoms with van der Waals surface area (Å²) in [4.78, 5) is 37.3. The van der Waals surface area contributed by atoms with E-state index in [1.54, 1.807) is 36.4 Å². The van der Waals surface area contributed by atoms with Crippen molar-refractivity contribution in [3.8, 4) is 5.75 Å². The van der Waals surface area contributed by atoms with Crippen molar-refractivity contribution >= 4 is 33.6 Å². The lowest BCUT2D eigenvalue weighted by Gasteiger charge is -2.11. The van der Waals surface area contributed by atoms with Crippen LogP contribution >= 0.6 is 0 Å². The van der Waals surface area contributed by atoms with Crippen LogP contribution in [0.3, 0.4) is 0 Å². The number of benzene rings is 2. The third kappa shape index (κ3) is 5.97. The van der Waals surface area contributed by atoms with Crippen LogP contribution in [0.15, 0.2) is 57.7 Å². The van der Waals surface area contributed by atoms with E-state index in [4.69, 9.17) is 9.15 Å². The number of aromatic nitrogens is 3. The normalized spacial score (nSPS) is 12.3. The van der Waals surface area contributed by atoms with Crippen LogP contribution in [0.2, 0.25) is 0 Å². The number of Topliss-reactive ketones (excluding diaryl/α,β-unsaturated/α-hetero) is 1. The fraction of sp³-hybridized carbons (Fsp3) is 0.370. The Morgan fingerprint density at radius 1 is 1.11 bits per heavy atom. The predicted octanol–water partition coefficient (Wildman–Crippen LogP) is 4.72. The summed E-state index contributed by atoms with van der Waals surface area (Å²) in [5.74, 6) is -1.19. The minimum atomic E-state index is -1.13. The second-order valence-electron chi connectivity index (χ2n) is 9.28. The van der Waals surface area contributed by atoms with Crippen LogP contribution in [0.4, 0.5) is 0 Å². The molecule has 9 heteroatoms. The Hall–Kier alpha value is -4.01. The quantitative estimate of drug-likeness (QED) is 0.223. The molecule has 0 radical (unpaired) electrons. The number of carbonyl (C=O) groups excluding carboxylic acids is 1. The van der Waals surface area contributed by atoms with Gasteiger partial charge in [0.05, 0.1) is 17.9 Å². The van der Waals surface area contributed by atoms with Crippen molar-refractivity contribution in [1.29, 1.82) is 0 Å². The van der Waals surface area contributed by atoms with Gasteiger partial charge in [0.2, 0.25) is 0 Å². The second-order valence-corrected chi connectivity index (χ2v) is 9.28. The van der Waals surface area contributed by atoms with E-state index in [-0.39, 0.29) is 30.7 Å². The van der Waals surface area contributed by atoms with E-state index < -0.39 is 17.7 Å². The van der Waals surface area contributed by atoms with Crippen molar-refractivity contribution in [2.45, 2.75) is 46.1 Å². The molecule has 0 fully saturated rings. The van der Waals surface area contributed by atoms with E-state index in [1.807, 2.05) is 12.1 Å². The summed E-state index contributed by atoms with van der Waals surface area (Å²) in [5.41, 5.74) is 0.623. The number of carboxylic acids is 1. The molecule has 4 aromatic rings. The molecule has 2 heterocycles. The van der Waals surface area contributed by atoms with E-state index in [9.17, 15) is 19.5 Å². The number of ketones is 1. The van der Waals surface area contributed by atoms with Crippen LogP contribution in [0, 0.1) is 11.8 Å². The molecular formula is C27H29N3O6. The molecule has 0 aliphatic heterocycles. The number of carbonyl (C=O) groups is 2. The average Bonchev–Trinajstić information content (AvgIpc) is 3.29. The second kappa shape index (κ2) is 11.2. The zero-order valence-electron chi connectivity index (χ0n) is 20.3. The maximum Gasteiger partial charge on any atom is 0.307 e. The summed E-state index contributed by atoms with van der Waals surface area (Å²) < 4.78 is 12.6. The number of hydrogen-bond acceptors (Lipinski definition) is 7. The van der Waals surface area contributed by atoms with Crippen LogP contribution in [-0.2, 0) is 11.3 Å². The fourth-order valence-electron chi connectivity index (χ4n) is 4.01. The van der Waals surface area contributed by atoms with Crippen LogP contribution in [-0.4, -0.2) is 38.5 Å². The molecule has 1 N–H and O–H groups in total. The minimum Gasteiger partial charge on any atom is -0.493 e. The number of furan rings is 1. The lowest BCUT2D eigenvalue weighted by molar-refractivity contribution is -0.142. The number of rotatable bonds is 12. The maximum absolute atomic E-state index is 12.9. The fourth-order valence-corrected chi connectivity index (χ4v) is 4.01. The first-order valence-corrected chi connectivity index (χ1v) is 12.1. The Kier molecular flexibility index (Phi) is 7.77. The largest absolute Gasteiger partial charge is 0.493 e. The standard InChI is InChI=1S/C27H29N3O6/c1-17(2)6-5-13-35-20-10-9-18-15-25(36-24(18)16-20)23(31)14-19(27(33)34)11-12-30-26(32)21-7-3-4-8-22(21)28-29-30/h3-4,7-10,15-17,19H,5-6,11-14H2,1-2H3,(H,33,34). The highest BCUT2D eigenvalue weighted by Crippen LogP contribution is 2.26. The Bertz CT molecular complexity index is 1440. The molecule has 2 aromatic heterocycles. The molecule has 0 aliphatic rings. The van der Waals surface area contributed by atoms with Gasteiger partial charge in [-0.1, -0.05) is 31.2 Å². The monoisotopic (exact) mass is 491 g/mol. The third-order valence-electron chi connectivity index (χ3n) is 6.06. The zero-order valence-corrected chi connectivity index (χ0v) is 20.3. The average molecular weight is 492 g/mol. The van der Waals surface area contributed by atoms with Crippen LogP contribution < -0.4 is 10.3 Å². The van der Waals surface area contributed by atoms with E-state index in [2.05, 4.69) is 24.2 Å². The lowest BCUT2D eigenvalue weighted by atomic mass is 9.98. The zero-order chi connectivity index (χ0) is 25.7. The first-order valence-electron chi connectivity index (χ1n) is 12.1. The number of aliphatic carboxylic acids is 1. The molecule has 0 saturated heterocycles. The Morgan fingerprint density at radius 2 is 1.92 bits per heavy atom. The van der Waals surface area contributed by atoms with Crippen molar-refractivity contribution in [3.63, 3.8) is 0 Å². The molecule has 0 aliphatic carbocycles. The number of aryl methyl sites for hydroxylation is 1. The molecule has 0 spiro atoms. The van der Waals surface area contributed by atoms with Gasteiger partial charge in [-0.05, 0) is 55.5 Å². The van der Waals surface area contributed by atoms with Gasteiger partial charge >= 0.3 is 5.97 Å². The highest BCUT2D eigenvalue weighted by Gasteiger charge is 2.24. The smallest absolute Gasteiger partial charge is 0.307 e. The maximum atomic E-state index is 12.9. The van der Waals surface area contributed by atoms with E-state index in [1.165, 1.54) is 0 Å². The Balaban J connectivity index is 1.41. The number of ether oxygens (including phenoxy) is 1. The van der Waals surface area contributed by atoms with Crippen LogP contribution in [0.1, 0.15) is 50.1 Å². The van der Waals surface area contributed by atoms with Gasteiger partial charge in [-0.3, -0.25) is 14.4 Å². The molecule has 4 rings (SSSR count). The highest BCUT2D eigenvalue weighted by atomic mass is 16.5. The van der Waals surface area contributed by atoms with Crippen LogP contribution in [0.25, 0.3) is 21.9 Å². The number of carboxylic acid groups (broad SMARTS) is 1. The minimum absolute atomic E-state index is 0.0263. The molecule has 0 bridgehead atoms. The summed E-state index contributed by atoms with van der Waals surface area (Å²) in [7, 11) is 0. The molecule has 0 saturated carbocycles. The van der Waals surface area contributed by atoms with Gasteiger partial charge in [0, 0.05) is 24.4 Å². The molecule has 188 valence electrons. The molecule has 0 amide bonds. The van der Waals surface area contributed by atoms with Crippen molar-refractivity contribution in [3.05, 3.63) is 64.6 Å². The lowest BCUT2D eigenvalue weighted by Crippen LogP contribution is -2.27. The van der Waals surface area contributed by atoms with Crippen molar-refractivity contribution in [1.82, 2.24) is 15.0 Å². The topological polar surface area (TPSA) is 125 Å². The van der Waals surface area contributed by atoms with E-state index in [0.717, 1.165) is 22.9 Å². The Morgan fingerprint density at radius 3 is 2.69 bits per heavy atom.